The highest BCUT2D eigenvalue weighted by atomic mass is 32.2. The van der Waals surface area contributed by atoms with Crippen LogP contribution in [0.3, 0.4) is 0 Å². The van der Waals surface area contributed by atoms with Gasteiger partial charge in [-0.05, 0) is 93.8 Å². The summed E-state index contributed by atoms with van der Waals surface area (Å²) in [6.07, 6.45) is 6.62. The Morgan fingerprint density at radius 1 is 0.500 bits per heavy atom. The van der Waals surface area contributed by atoms with Gasteiger partial charge in [0.1, 0.15) is 0 Å². The topological polar surface area (TPSA) is 25.8 Å². The molecule has 0 saturated heterocycles. The maximum atomic E-state index is 5.42. The summed E-state index contributed by atoms with van der Waals surface area (Å²) in [5.74, 6) is 1.93. The third-order valence-electron chi connectivity index (χ3n) is 11.6. The van der Waals surface area contributed by atoms with E-state index in [0.717, 1.165) is 52.5 Å². The molecule has 0 radical (unpaired) electrons. The predicted octanol–water partition coefficient (Wildman–Crippen LogP) is 14.8. The molecule has 0 fully saturated rings. The van der Waals surface area contributed by atoms with E-state index in [0.29, 0.717) is 0 Å². The van der Waals surface area contributed by atoms with Gasteiger partial charge in [0.25, 0.3) is 0 Å². The lowest BCUT2D eigenvalue weighted by molar-refractivity contribution is 0.877. The first-order valence-corrected chi connectivity index (χ1v) is 21.8. The van der Waals surface area contributed by atoms with E-state index in [1.165, 1.54) is 69.6 Å². The Morgan fingerprint density at radius 3 is 2.05 bits per heavy atom. The number of rotatable bonds is 6. The molecular formula is C54H38N2S2. The van der Waals surface area contributed by atoms with Crippen molar-refractivity contribution in [3.8, 4) is 44.9 Å². The van der Waals surface area contributed by atoms with E-state index in [2.05, 4.69) is 182 Å². The van der Waals surface area contributed by atoms with Crippen molar-refractivity contribution < 1.29 is 0 Å². The van der Waals surface area contributed by atoms with E-state index >= 15 is 0 Å². The molecule has 4 heteroatoms. The molecule has 7 aromatic carbocycles. The summed E-state index contributed by atoms with van der Waals surface area (Å²) in [6, 6.07) is 64.1. The minimum atomic E-state index is 0.125. The smallest absolute Gasteiger partial charge is 0.160 e. The standard InChI is InChI=1S/C54H38N2S2/c1-3-12-35(13-4-1)36-22-25-38(26-23-36)48-34-49(56-54(55-48)39-14-5-2-6-15-39)45-19-11-18-42(40-28-29-52-47(32-40)44-17-8-10-21-51(44)58-52)53(45)41-27-24-37-30-31-57-50-20-9-7-16-43(50)46(37)33-41/h1-17,19-29,32-34,42H,18,30-31H2. The largest absolute Gasteiger partial charge is 0.228 e. The summed E-state index contributed by atoms with van der Waals surface area (Å²) in [4.78, 5) is 12.0. The van der Waals surface area contributed by atoms with Crippen molar-refractivity contribution in [1.82, 2.24) is 9.97 Å². The number of hydrogen-bond acceptors (Lipinski definition) is 4. The highest BCUT2D eigenvalue weighted by Gasteiger charge is 2.28. The Labute approximate surface area is 347 Å². The Balaban J connectivity index is 1.14. The molecule has 1 aliphatic carbocycles. The fourth-order valence-corrected chi connectivity index (χ4v) is 10.9. The zero-order valence-electron chi connectivity index (χ0n) is 31.8. The Morgan fingerprint density at radius 2 is 1.19 bits per heavy atom. The van der Waals surface area contributed by atoms with Gasteiger partial charge in [-0.1, -0.05) is 152 Å². The maximum absolute atomic E-state index is 5.42. The Kier molecular flexibility index (Phi) is 8.95. The van der Waals surface area contributed by atoms with Crippen molar-refractivity contribution in [2.24, 2.45) is 0 Å². The number of aryl methyl sites for hydroxylation is 1. The van der Waals surface area contributed by atoms with E-state index < -0.39 is 0 Å². The summed E-state index contributed by atoms with van der Waals surface area (Å²) in [7, 11) is 0. The molecule has 2 aliphatic rings. The van der Waals surface area contributed by atoms with Crippen molar-refractivity contribution in [2.75, 3.05) is 5.75 Å². The third kappa shape index (κ3) is 6.39. The Bertz CT molecular complexity index is 3050. The molecule has 1 atom stereocenters. The van der Waals surface area contributed by atoms with Crippen LogP contribution >= 0.6 is 23.1 Å². The first-order chi connectivity index (χ1) is 28.7. The van der Waals surface area contributed by atoms with Gasteiger partial charge in [0.15, 0.2) is 5.82 Å². The second-order valence-electron chi connectivity index (χ2n) is 15.1. The second-order valence-corrected chi connectivity index (χ2v) is 17.3. The summed E-state index contributed by atoms with van der Waals surface area (Å²) < 4.78 is 2.66. The van der Waals surface area contributed by atoms with E-state index in [1.54, 1.807) is 0 Å². The number of benzene rings is 7. The number of nitrogens with zero attached hydrogens (tertiary/aromatic N) is 2. The van der Waals surface area contributed by atoms with Crippen LogP contribution in [0.5, 0.6) is 0 Å². The summed E-state index contributed by atoms with van der Waals surface area (Å²) in [5, 5.41) is 2.66. The normalized spacial score (nSPS) is 15.0. The van der Waals surface area contributed by atoms with Gasteiger partial charge < -0.3 is 0 Å². The lowest BCUT2D eigenvalue weighted by Crippen LogP contribution is -2.09. The molecule has 0 N–H and O–H groups in total. The minimum Gasteiger partial charge on any atom is -0.228 e. The SMILES string of the molecule is C1=CC(c2cc(-c3ccc(-c4ccccc4)cc3)nc(-c3ccccc3)n2)=C(c2ccc3c(c2)-c2ccccc2SCC3)C(c2ccc3sc4ccccc4c3c2)C1. The number of thiophene rings is 1. The third-order valence-corrected chi connectivity index (χ3v) is 13.9. The van der Waals surface area contributed by atoms with Crippen molar-refractivity contribution in [3.63, 3.8) is 0 Å². The second kappa shape index (κ2) is 14.9. The maximum Gasteiger partial charge on any atom is 0.160 e. The number of aromatic nitrogens is 2. The van der Waals surface area contributed by atoms with Gasteiger partial charge in [0.2, 0.25) is 0 Å². The number of thioether (sulfide) groups is 1. The van der Waals surface area contributed by atoms with Crippen LogP contribution < -0.4 is 0 Å². The fourth-order valence-electron chi connectivity index (χ4n) is 8.77. The van der Waals surface area contributed by atoms with Crippen LogP contribution in [-0.2, 0) is 6.42 Å². The molecule has 0 saturated carbocycles. The van der Waals surface area contributed by atoms with Crippen LogP contribution in [0.4, 0.5) is 0 Å². The summed E-state index contributed by atoms with van der Waals surface area (Å²) >= 11 is 3.84. The van der Waals surface area contributed by atoms with Crippen LogP contribution in [0.25, 0.3) is 76.2 Å². The molecule has 58 heavy (non-hydrogen) atoms. The lowest BCUT2D eigenvalue weighted by Gasteiger charge is -2.27. The zero-order chi connectivity index (χ0) is 38.4. The van der Waals surface area contributed by atoms with Gasteiger partial charge in [-0.2, -0.15) is 0 Å². The van der Waals surface area contributed by atoms with Gasteiger partial charge in [0.05, 0.1) is 11.4 Å². The highest BCUT2D eigenvalue weighted by Crippen LogP contribution is 2.48. The molecule has 1 unspecified atom stereocenters. The minimum absolute atomic E-state index is 0.125. The molecule has 2 aromatic heterocycles. The average molecular weight is 779 g/mol. The summed E-state index contributed by atoms with van der Waals surface area (Å²) in [5.41, 5.74) is 15.4. The van der Waals surface area contributed by atoms with E-state index in [4.69, 9.17) is 9.97 Å². The summed E-state index contributed by atoms with van der Waals surface area (Å²) in [6.45, 7) is 0. The number of allylic oxidation sites excluding steroid dienone is 4. The molecule has 276 valence electrons. The molecule has 11 rings (SSSR count). The molecule has 0 bridgehead atoms. The van der Waals surface area contributed by atoms with Crippen molar-refractivity contribution >= 4 is 54.4 Å². The van der Waals surface area contributed by atoms with Gasteiger partial charge in [-0.3, -0.25) is 0 Å². The van der Waals surface area contributed by atoms with E-state index in [-0.39, 0.29) is 5.92 Å². The zero-order valence-corrected chi connectivity index (χ0v) is 33.4. The van der Waals surface area contributed by atoms with Gasteiger partial charge >= 0.3 is 0 Å². The average Bonchev–Trinajstić information content (AvgIpc) is 3.57. The molecule has 3 heterocycles. The van der Waals surface area contributed by atoms with Crippen LogP contribution in [0.1, 0.15) is 34.7 Å². The molecule has 0 amide bonds. The van der Waals surface area contributed by atoms with E-state index in [9.17, 15) is 0 Å². The van der Waals surface area contributed by atoms with E-state index in [1.807, 2.05) is 29.2 Å². The van der Waals surface area contributed by atoms with Crippen LogP contribution in [-0.4, -0.2) is 15.7 Å². The highest BCUT2D eigenvalue weighted by molar-refractivity contribution is 7.99. The first kappa shape index (κ1) is 34.9. The van der Waals surface area contributed by atoms with Gasteiger partial charge in [-0.15, -0.1) is 23.1 Å². The van der Waals surface area contributed by atoms with Gasteiger partial charge in [-0.25, -0.2) is 9.97 Å². The van der Waals surface area contributed by atoms with Crippen LogP contribution in [0.15, 0.2) is 193 Å². The van der Waals surface area contributed by atoms with Crippen LogP contribution in [0, 0.1) is 0 Å². The molecule has 2 nitrogen and oxygen atoms in total. The Hall–Kier alpha value is -6.33. The van der Waals surface area contributed by atoms with Crippen molar-refractivity contribution in [1.29, 1.82) is 0 Å². The molecule has 1 aliphatic heterocycles. The number of hydrogen-bond donors (Lipinski definition) is 0. The first-order valence-electron chi connectivity index (χ1n) is 20.0. The number of fused-ring (bicyclic) bond motifs is 6. The van der Waals surface area contributed by atoms with Crippen molar-refractivity contribution in [2.45, 2.75) is 23.7 Å². The quantitative estimate of drug-likeness (QED) is 0.168. The fraction of sp³-hybridized carbons (Fsp3) is 0.0741. The predicted molar refractivity (Wildman–Crippen MR) is 247 cm³/mol. The molecule has 0 spiro atoms. The monoisotopic (exact) mass is 778 g/mol. The molecular weight excluding hydrogens is 741 g/mol. The van der Waals surface area contributed by atoms with Crippen LogP contribution in [0.2, 0.25) is 0 Å². The van der Waals surface area contributed by atoms with Crippen molar-refractivity contribution in [3.05, 3.63) is 210 Å². The van der Waals surface area contributed by atoms with Gasteiger partial charge in [0, 0.05) is 53.4 Å². The molecule has 9 aromatic rings. The lowest BCUT2D eigenvalue weighted by atomic mass is 9.76.